The fourth-order valence-electron chi connectivity index (χ4n) is 4.69. The summed E-state index contributed by atoms with van der Waals surface area (Å²) in [5, 5.41) is 15.8. The summed E-state index contributed by atoms with van der Waals surface area (Å²) in [6.45, 7) is 3.02. The van der Waals surface area contributed by atoms with Gasteiger partial charge in [-0.25, -0.2) is 28.2 Å². The first-order chi connectivity index (χ1) is 20.3. The second kappa shape index (κ2) is 12.4. The number of carbonyl (C=O) groups is 1. The summed E-state index contributed by atoms with van der Waals surface area (Å²) in [6.07, 6.45) is 2.79. The third-order valence-corrected chi connectivity index (χ3v) is 8.05. The maximum Gasteiger partial charge on any atom is 0.340 e. The van der Waals surface area contributed by atoms with Gasteiger partial charge in [0.15, 0.2) is 6.79 Å². The fraction of sp³-hybridized carbons (Fsp3) is 0.194. The number of aryl methyl sites for hydroxylation is 1. The molecule has 0 spiro atoms. The van der Waals surface area contributed by atoms with Crippen LogP contribution in [0.1, 0.15) is 44.9 Å². The molecule has 5 aromatic rings. The van der Waals surface area contributed by atoms with Crippen molar-refractivity contribution in [1.82, 2.24) is 19.7 Å². The number of aromatic nitrogens is 4. The number of halogens is 2. The summed E-state index contributed by atoms with van der Waals surface area (Å²) in [5.74, 6) is -2.83. The standard InChI is InChI=1S/C31H25F2N5O3S/c1-20-5-3-4-6-25(20)30(39)40-19-41-31(16-38-18-35-17-36-38,26-12-11-24(32)13-27(26)33)21(2)29-37-28(15-42-29)23-9-7-22(14-34)8-10-23/h3-13,15,17-18,21H,16,19H2,1-2H3/t21-,31+/m0/s1. The third-order valence-electron chi connectivity index (χ3n) is 7.02. The molecule has 11 heteroatoms. The Morgan fingerprint density at radius 2 is 1.93 bits per heavy atom. The van der Waals surface area contributed by atoms with Crippen molar-refractivity contribution in [3.63, 3.8) is 0 Å². The molecule has 3 aromatic carbocycles. The monoisotopic (exact) mass is 585 g/mol. The van der Waals surface area contributed by atoms with Crippen LogP contribution in [-0.4, -0.2) is 32.5 Å². The van der Waals surface area contributed by atoms with Crippen LogP contribution >= 0.6 is 11.3 Å². The molecule has 0 aliphatic rings. The van der Waals surface area contributed by atoms with Gasteiger partial charge in [0.25, 0.3) is 0 Å². The number of esters is 1. The van der Waals surface area contributed by atoms with Gasteiger partial charge in [-0.2, -0.15) is 10.4 Å². The first-order valence-corrected chi connectivity index (χ1v) is 13.8. The Balaban J connectivity index is 1.54. The lowest BCUT2D eigenvalue weighted by atomic mass is 9.81. The van der Waals surface area contributed by atoms with Crippen molar-refractivity contribution in [2.75, 3.05) is 6.79 Å². The maximum atomic E-state index is 15.6. The van der Waals surface area contributed by atoms with Crippen LogP contribution in [0.5, 0.6) is 0 Å². The highest BCUT2D eigenvalue weighted by atomic mass is 32.1. The Hall–Kier alpha value is -4.79. The second-order valence-electron chi connectivity index (χ2n) is 9.60. The smallest absolute Gasteiger partial charge is 0.340 e. The van der Waals surface area contributed by atoms with Gasteiger partial charge in [-0.3, -0.25) is 0 Å². The van der Waals surface area contributed by atoms with Crippen LogP contribution in [0, 0.1) is 29.9 Å². The number of thiazole rings is 1. The molecule has 5 rings (SSSR count). The SMILES string of the molecule is Cc1ccccc1C(=O)OCO[C@@](Cn1cncn1)(c1ccc(F)cc1F)[C@@H](C)c1nc(-c2ccc(C#N)cc2)cs1. The van der Waals surface area contributed by atoms with Crippen LogP contribution in [0.2, 0.25) is 0 Å². The molecule has 2 heterocycles. The van der Waals surface area contributed by atoms with Crippen molar-refractivity contribution in [1.29, 1.82) is 5.26 Å². The van der Waals surface area contributed by atoms with Gasteiger partial charge >= 0.3 is 5.97 Å². The van der Waals surface area contributed by atoms with Crippen molar-refractivity contribution in [3.8, 4) is 17.3 Å². The molecule has 0 N–H and O–H groups in total. The lowest BCUT2D eigenvalue weighted by Gasteiger charge is -2.38. The van der Waals surface area contributed by atoms with Gasteiger partial charge in [-0.1, -0.05) is 43.3 Å². The minimum atomic E-state index is -1.56. The van der Waals surface area contributed by atoms with E-state index in [0.29, 0.717) is 21.8 Å². The Kier molecular flexibility index (Phi) is 8.47. The Morgan fingerprint density at radius 1 is 1.14 bits per heavy atom. The van der Waals surface area contributed by atoms with E-state index in [-0.39, 0.29) is 12.1 Å². The summed E-state index contributed by atoms with van der Waals surface area (Å²) in [7, 11) is 0. The topological polar surface area (TPSA) is 103 Å². The predicted molar refractivity (Wildman–Crippen MR) is 151 cm³/mol. The van der Waals surface area contributed by atoms with Gasteiger partial charge in [0.2, 0.25) is 0 Å². The number of benzene rings is 3. The van der Waals surface area contributed by atoms with Crippen molar-refractivity contribution in [2.45, 2.75) is 31.9 Å². The normalized spacial score (nSPS) is 13.2. The first kappa shape index (κ1) is 28.7. The molecule has 2 aromatic heterocycles. The summed E-state index contributed by atoms with van der Waals surface area (Å²) in [4.78, 5) is 21.7. The quantitative estimate of drug-likeness (QED) is 0.138. The largest absolute Gasteiger partial charge is 0.435 e. The zero-order valence-corrected chi connectivity index (χ0v) is 23.5. The Labute approximate surface area is 244 Å². The van der Waals surface area contributed by atoms with Gasteiger partial charge in [0.05, 0.1) is 34.4 Å². The van der Waals surface area contributed by atoms with Crippen LogP contribution in [0.4, 0.5) is 8.78 Å². The van der Waals surface area contributed by atoms with E-state index in [1.807, 2.05) is 18.4 Å². The molecule has 8 nitrogen and oxygen atoms in total. The highest BCUT2D eigenvalue weighted by Crippen LogP contribution is 2.44. The molecule has 2 atom stereocenters. The molecule has 0 saturated carbocycles. The van der Waals surface area contributed by atoms with E-state index in [2.05, 4.69) is 16.2 Å². The Morgan fingerprint density at radius 3 is 2.62 bits per heavy atom. The minimum absolute atomic E-state index is 0.0361. The molecule has 0 bridgehead atoms. The molecule has 0 unspecified atom stereocenters. The number of hydrogen-bond acceptors (Lipinski definition) is 8. The van der Waals surface area contributed by atoms with Crippen LogP contribution in [-0.2, 0) is 21.6 Å². The lowest BCUT2D eigenvalue weighted by molar-refractivity contribution is -0.148. The van der Waals surface area contributed by atoms with Gasteiger partial charge in [0.1, 0.15) is 29.9 Å². The van der Waals surface area contributed by atoms with E-state index in [9.17, 15) is 9.18 Å². The molecule has 0 radical (unpaired) electrons. The summed E-state index contributed by atoms with van der Waals surface area (Å²) in [6, 6.07) is 19.3. The lowest BCUT2D eigenvalue weighted by Crippen LogP contribution is -2.42. The number of rotatable bonds is 10. The average molecular weight is 586 g/mol. The molecule has 0 aliphatic carbocycles. The van der Waals surface area contributed by atoms with Gasteiger partial charge in [-0.05, 0) is 36.8 Å². The zero-order chi connectivity index (χ0) is 29.7. The molecule has 0 aliphatic heterocycles. The van der Waals surface area contributed by atoms with E-state index >= 15 is 4.39 Å². The molecule has 212 valence electrons. The van der Waals surface area contributed by atoms with Crippen LogP contribution < -0.4 is 0 Å². The molecular formula is C31H25F2N5O3S. The number of nitrogens with zero attached hydrogens (tertiary/aromatic N) is 5. The first-order valence-electron chi connectivity index (χ1n) is 12.9. The van der Waals surface area contributed by atoms with Gasteiger partial charge in [-0.15, -0.1) is 11.3 Å². The molecule has 0 amide bonds. The predicted octanol–water partition coefficient (Wildman–Crippen LogP) is 6.39. The van der Waals surface area contributed by atoms with Crippen molar-refractivity contribution in [3.05, 3.63) is 124 Å². The molecular weight excluding hydrogens is 560 g/mol. The summed E-state index contributed by atoms with van der Waals surface area (Å²) < 4.78 is 43.0. The van der Waals surface area contributed by atoms with E-state index in [1.165, 1.54) is 34.7 Å². The van der Waals surface area contributed by atoms with Gasteiger partial charge < -0.3 is 9.47 Å². The third kappa shape index (κ3) is 5.95. The zero-order valence-electron chi connectivity index (χ0n) is 22.7. The maximum absolute atomic E-state index is 15.6. The highest BCUT2D eigenvalue weighted by Gasteiger charge is 2.45. The van der Waals surface area contributed by atoms with Gasteiger partial charge in [0, 0.05) is 28.5 Å². The number of hydrogen-bond donors (Lipinski definition) is 0. The van der Waals surface area contributed by atoms with E-state index in [0.717, 1.165) is 23.3 Å². The molecule has 0 saturated heterocycles. The summed E-state index contributed by atoms with van der Waals surface area (Å²) >= 11 is 1.34. The average Bonchev–Trinajstić information content (AvgIpc) is 3.69. The van der Waals surface area contributed by atoms with E-state index in [4.69, 9.17) is 19.7 Å². The number of carbonyl (C=O) groups excluding carboxylic acids is 1. The summed E-state index contributed by atoms with van der Waals surface area (Å²) in [5.41, 5.74) is 1.56. The van der Waals surface area contributed by atoms with Crippen molar-refractivity contribution >= 4 is 17.3 Å². The van der Waals surface area contributed by atoms with Crippen LogP contribution in [0.15, 0.2) is 84.8 Å². The van der Waals surface area contributed by atoms with E-state index < -0.39 is 35.9 Å². The highest BCUT2D eigenvalue weighted by molar-refractivity contribution is 7.10. The van der Waals surface area contributed by atoms with Crippen LogP contribution in [0.3, 0.4) is 0 Å². The van der Waals surface area contributed by atoms with Crippen molar-refractivity contribution < 1.29 is 23.0 Å². The molecule has 0 fully saturated rings. The van der Waals surface area contributed by atoms with Crippen LogP contribution in [0.25, 0.3) is 11.3 Å². The van der Waals surface area contributed by atoms with E-state index in [1.54, 1.807) is 49.4 Å². The molecule has 42 heavy (non-hydrogen) atoms. The number of nitriles is 1. The number of ether oxygens (including phenoxy) is 2. The van der Waals surface area contributed by atoms with Crippen molar-refractivity contribution in [2.24, 2.45) is 0 Å². The minimum Gasteiger partial charge on any atom is -0.435 e. The Bertz CT molecular complexity index is 1730. The second-order valence-corrected chi connectivity index (χ2v) is 10.5. The fourth-order valence-corrected chi connectivity index (χ4v) is 5.66.